The quantitative estimate of drug-likeness (QED) is 0.574. The highest BCUT2D eigenvalue weighted by atomic mass is 16.5. The van der Waals surface area contributed by atoms with Crippen LogP contribution in [0.3, 0.4) is 0 Å². The Hall–Kier alpha value is -1.16. The largest absolute Gasteiger partial charge is 0.480 e. The topological polar surface area (TPSA) is 58.9 Å². The second kappa shape index (κ2) is 5.80. The first-order valence-electron chi connectivity index (χ1n) is 5.50. The number of carbonyl (C=O) groups is 1. The van der Waals surface area contributed by atoms with Crippen molar-refractivity contribution in [3.05, 3.63) is 11.6 Å². The van der Waals surface area contributed by atoms with E-state index in [1.807, 2.05) is 0 Å². The van der Waals surface area contributed by atoms with Crippen molar-refractivity contribution in [3.8, 4) is 0 Å². The fraction of sp³-hybridized carbons (Fsp3) is 0.667. The van der Waals surface area contributed by atoms with Crippen LogP contribution in [-0.2, 0) is 9.53 Å². The van der Waals surface area contributed by atoms with E-state index in [9.17, 15) is 4.79 Å². The molecular formula is C12H19NO3. The Morgan fingerprint density at radius 2 is 2.44 bits per heavy atom. The van der Waals surface area contributed by atoms with Gasteiger partial charge in [-0.25, -0.2) is 0 Å². The van der Waals surface area contributed by atoms with Gasteiger partial charge < -0.3 is 9.84 Å². The molecule has 4 nitrogen and oxygen atoms in total. The van der Waals surface area contributed by atoms with E-state index in [0.29, 0.717) is 6.61 Å². The molecule has 0 saturated carbocycles. The third-order valence-corrected chi connectivity index (χ3v) is 2.79. The van der Waals surface area contributed by atoms with E-state index in [1.54, 1.807) is 6.21 Å². The second-order valence-electron chi connectivity index (χ2n) is 4.56. The van der Waals surface area contributed by atoms with E-state index >= 15 is 0 Å². The molecule has 0 aliphatic carbocycles. The van der Waals surface area contributed by atoms with Gasteiger partial charge in [0.2, 0.25) is 0 Å². The van der Waals surface area contributed by atoms with Gasteiger partial charge in [0.05, 0.1) is 13.2 Å². The molecule has 0 atom stereocenters. The van der Waals surface area contributed by atoms with Gasteiger partial charge >= 0.3 is 5.97 Å². The highest BCUT2D eigenvalue weighted by molar-refractivity contribution is 5.72. The average Bonchev–Trinajstić information content (AvgIpc) is 2.26. The second-order valence-corrected chi connectivity index (χ2v) is 4.56. The van der Waals surface area contributed by atoms with Crippen molar-refractivity contribution in [1.29, 1.82) is 0 Å². The molecule has 0 aromatic heterocycles. The lowest BCUT2D eigenvalue weighted by Gasteiger charge is -2.29. The third kappa shape index (κ3) is 4.14. The normalized spacial score (nSPS) is 17.5. The van der Waals surface area contributed by atoms with Crippen molar-refractivity contribution in [2.24, 2.45) is 10.4 Å². The molecule has 0 aromatic carbocycles. The molecule has 90 valence electrons. The predicted octanol–water partition coefficient (Wildman–Crippen LogP) is 1.90. The lowest BCUT2D eigenvalue weighted by Crippen LogP contribution is -2.20. The first-order chi connectivity index (χ1) is 7.52. The Balaban J connectivity index is 2.47. The summed E-state index contributed by atoms with van der Waals surface area (Å²) in [5, 5.41) is 8.45. The lowest BCUT2D eigenvalue weighted by molar-refractivity contribution is -0.135. The van der Waals surface area contributed by atoms with Gasteiger partial charge in [0, 0.05) is 6.21 Å². The van der Waals surface area contributed by atoms with Crippen molar-refractivity contribution in [1.82, 2.24) is 0 Å². The fourth-order valence-corrected chi connectivity index (χ4v) is 1.71. The highest BCUT2D eigenvalue weighted by Gasteiger charge is 2.23. The Morgan fingerprint density at radius 1 is 1.69 bits per heavy atom. The van der Waals surface area contributed by atoms with Gasteiger partial charge in [0.15, 0.2) is 0 Å². The average molecular weight is 225 g/mol. The molecule has 0 bridgehead atoms. The molecule has 0 amide bonds. The molecule has 0 unspecified atom stereocenters. The molecule has 0 spiro atoms. The van der Waals surface area contributed by atoms with E-state index in [2.05, 4.69) is 24.9 Å². The number of hydrogen-bond acceptors (Lipinski definition) is 3. The van der Waals surface area contributed by atoms with Crippen LogP contribution in [0.25, 0.3) is 0 Å². The Kier molecular flexibility index (Phi) is 4.68. The molecule has 0 aromatic rings. The summed E-state index contributed by atoms with van der Waals surface area (Å²) in [6, 6.07) is 0. The van der Waals surface area contributed by atoms with E-state index in [0.717, 1.165) is 19.4 Å². The summed E-state index contributed by atoms with van der Waals surface area (Å²) in [6.07, 6.45) is 5.56. The smallest absolute Gasteiger partial charge is 0.325 e. The van der Waals surface area contributed by atoms with E-state index in [1.165, 1.54) is 5.57 Å². The molecule has 0 radical (unpaired) electrons. The first kappa shape index (κ1) is 12.9. The SMILES string of the molecule is CC(C)(CC=NCC(=O)O)C1=CCOCC1. The number of carboxylic acids is 1. The number of nitrogens with zero attached hydrogens (tertiary/aromatic N) is 1. The van der Waals surface area contributed by atoms with Crippen molar-refractivity contribution >= 4 is 12.2 Å². The summed E-state index contributed by atoms with van der Waals surface area (Å²) in [7, 11) is 0. The van der Waals surface area contributed by atoms with E-state index in [-0.39, 0.29) is 12.0 Å². The minimum atomic E-state index is -0.890. The maximum Gasteiger partial charge on any atom is 0.325 e. The number of carboxylic acid groups (broad SMARTS) is 1. The monoisotopic (exact) mass is 225 g/mol. The minimum Gasteiger partial charge on any atom is -0.480 e. The van der Waals surface area contributed by atoms with Crippen molar-refractivity contribution < 1.29 is 14.6 Å². The van der Waals surface area contributed by atoms with Gasteiger partial charge in [0.25, 0.3) is 0 Å². The maximum atomic E-state index is 10.3. The van der Waals surface area contributed by atoms with Crippen molar-refractivity contribution in [3.63, 3.8) is 0 Å². The predicted molar refractivity (Wildman–Crippen MR) is 62.9 cm³/mol. The third-order valence-electron chi connectivity index (χ3n) is 2.79. The zero-order valence-electron chi connectivity index (χ0n) is 9.90. The van der Waals surface area contributed by atoms with Gasteiger partial charge in [-0.05, 0) is 18.3 Å². The molecule has 1 heterocycles. The van der Waals surface area contributed by atoms with Crippen molar-refractivity contribution in [2.45, 2.75) is 26.7 Å². The van der Waals surface area contributed by atoms with Gasteiger partial charge in [-0.3, -0.25) is 9.79 Å². The molecule has 1 aliphatic rings. The number of aliphatic carboxylic acids is 1. The molecule has 0 saturated heterocycles. The zero-order chi connectivity index (χ0) is 12.0. The van der Waals surface area contributed by atoms with Crippen LogP contribution in [0, 0.1) is 5.41 Å². The van der Waals surface area contributed by atoms with E-state index < -0.39 is 5.97 Å². The van der Waals surface area contributed by atoms with Crippen molar-refractivity contribution in [2.75, 3.05) is 19.8 Å². The number of rotatable bonds is 5. The van der Waals surface area contributed by atoms with E-state index in [4.69, 9.17) is 9.84 Å². The number of aliphatic imine (C=N–C) groups is 1. The summed E-state index contributed by atoms with van der Waals surface area (Å²) in [5.41, 5.74) is 1.42. The Bertz CT molecular complexity index is 305. The van der Waals surface area contributed by atoms with Crippen LogP contribution in [0.1, 0.15) is 26.7 Å². The van der Waals surface area contributed by atoms with Gasteiger partial charge in [0.1, 0.15) is 6.54 Å². The Labute approximate surface area is 96.0 Å². The van der Waals surface area contributed by atoms with Crippen LogP contribution in [0.4, 0.5) is 0 Å². The summed E-state index contributed by atoms with van der Waals surface area (Å²) in [5.74, 6) is -0.890. The van der Waals surface area contributed by atoms with Crippen LogP contribution in [0.15, 0.2) is 16.6 Å². The molecule has 16 heavy (non-hydrogen) atoms. The van der Waals surface area contributed by atoms with Gasteiger partial charge in [-0.1, -0.05) is 25.5 Å². The summed E-state index contributed by atoms with van der Waals surface area (Å²) >= 11 is 0. The molecule has 1 rings (SSSR count). The van der Waals surface area contributed by atoms with Crippen LogP contribution >= 0.6 is 0 Å². The Morgan fingerprint density at radius 3 is 3.00 bits per heavy atom. The standard InChI is InChI=1S/C12H19NO3/c1-12(2,5-6-13-9-11(14)15)10-3-7-16-8-4-10/h3,6H,4-5,7-9H2,1-2H3,(H,14,15). The minimum absolute atomic E-state index is 0.0474. The number of hydrogen-bond donors (Lipinski definition) is 1. The molecular weight excluding hydrogens is 206 g/mol. The van der Waals surface area contributed by atoms with Crippen LogP contribution in [-0.4, -0.2) is 37.0 Å². The van der Waals surface area contributed by atoms with Gasteiger partial charge in [-0.15, -0.1) is 0 Å². The fourth-order valence-electron chi connectivity index (χ4n) is 1.71. The zero-order valence-corrected chi connectivity index (χ0v) is 9.90. The summed E-state index contributed by atoms with van der Waals surface area (Å²) in [6.45, 7) is 5.62. The molecule has 4 heteroatoms. The lowest BCUT2D eigenvalue weighted by atomic mass is 9.79. The maximum absolute atomic E-state index is 10.3. The van der Waals surface area contributed by atoms with Crippen LogP contribution in [0.5, 0.6) is 0 Å². The molecule has 1 aliphatic heterocycles. The summed E-state index contributed by atoms with van der Waals surface area (Å²) in [4.78, 5) is 14.2. The van der Waals surface area contributed by atoms with Crippen LogP contribution in [0.2, 0.25) is 0 Å². The molecule has 0 fully saturated rings. The summed E-state index contributed by atoms with van der Waals surface area (Å²) < 4.78 is 5.26. The van der Waals surface area contributed by atoms with Gasteiger partial charge in [-0.2, -0.15) is 0 Å². The van der Waals surface area contributed by atoms with Crippen LogP contribution < -0.4 is 0 Å². The molecule has 1 N–H and O–H groups in total. The highest BCUT2D eigenvalue weighted by Crippen LogP contribution is 2.32. The first-order valence-corrected chi connectivity index (χ1v) is 5.50. The number of ether oxygens (including phenoxy) is 1.